The molecular formula is C23H27FN6O4. The fourth-order valence-corrected chi connectivity index (χ4v) is 3.49. The number of hydrogen-bond acceptors (Lipinski definition) is 8. The van der Waals surface area contributed by atoms with E-state index >= 15 is 0 Å². The number of aromatic nitrogens is 4. The van der Waals surface area contributed by atoms with Crippen molar-refractivity contribution in [2.45, 2.75) is 13.2 Å². The van der Waals surface area contributed by atoms with E-state index in [0.717, 1.165) is 0 Å². The maximum atomic E-state index is 13.5. The molecule has 10 nitrogen and oxygen atoms in total. The third kappa shape index (κ3) is 4.91. The SMILES string of the molecule is CN(C)c1nccc(-c2[nH]c(C3OCC(C)(C(=O)NCCO)CO3)nc2-c2ccc(F)cc2)n1. The first-order valence-electron chi connectivity index (χ1n) is 10.8. The minimum atomic E-state index is -0.895. The minimum absolute atomic E-state index is 0.106. The van der Waals surface area contributed by atoms with Crippen molar-refractivity contribution in [1.29, 1.82) is 0 Å². The molecule has 180 valence electrons. The molecule has 1 amide bonds. The van der Waals surface area contributed by atoms with Crippen LogP contribution < -0.4 is 10.2 Å². The van der Waals surface area contributed by atoms with Gasteiger partial charge in [0, 0.05) is 32.4 Å². The molecule has 0 bridgehead atoms. The maximum Gasteiger partial charge on any atom is 0.230 e. The zero-order valence-corrected chi connectivity index (χ0v) is 19.2. The van der Waals surface area contributed by atoms with Crippen LogP contribution in [0.15, 0.2) is 36.5 Å². The number of nitrogens with zero attached hydrogens (tertiary/aromatic N) is 4. The lowest BCUT2D eigenvalue weighted by molar-refractivity contribution is -0.231. The summed E-state index contributed by atoms with van der Waals surface area (Å²) in [5, 5.41) is 11.6. The van der Waals surface area contributed by atoms with E-state index < -0.39 is 11.7 Å². The second-order valence-electron chi connectivity index (χ2n) is 8.48. The van der Waals surface area contributed by atoms with Gasteiger partial charge in [0.25, 0.3) is 0 Å². The van der Waals surface area contributed by atoms with Crippen LogP contribution in [0.5, 0.6) is 0 Å². The van der Waals surface area contributed by atoms with Gasteiger partial charge in [0.2, 0.25) is 18.1 Å². The third-order valence-corrected chi connectivity index (χ3v) is 5.41. The van der Waals surface area contributed by atoms with Gasteiger partial charge in [-0.3, -0.25) is 4.79 Å². The molecule has 3 N–H and O–H groups in total. The standard InChI is InChI=1S/C23H27FN6O4/c1-23(21(32)25-10-11-31)12-33-20(34-13-23)19-28-17(14-4-6-15(24)7-5-14)18(29-19)16-8-9-26-22(27-16)30(2)3/h4-9,20,31H,10-13H2,1-3H3,(H,25,32)(H,28,29). The molecule has 2 aromatic heterocycles. The molecule has 0 atom stereocenters. The highest BCUT2D eigenvalue weighted by molar-refractivity contribution is 5.82. The van der Waals surface area contributed by atoms with E-state index in [2.05, 4.69) is 20.3 Å². The van der Waals surface area contributed by atoms with Crippen molar-refractivity contribution < 1.29 is 23.8 Å². The first kappa shape index (κ1) is 23.7. The third-order valence-electron chi connectivity index (χ3n) is 5.41. The van der Waals surface area contributed by atoms with Gasteiger partial charge in [-0.1, -0.05) is 0 Å². The fourth-order valence-electron chi connectivity index (χ4n) is 3.49. The lowest BCUT2D eigenvalue weighted by Gasteiger charge is -2.35. The molecule has 1 saturated heterocycles. The van der Waals surface area contributed by atoms with Crippen LogP contribution in [0.2, 0.25) is 0 Å². The summed E-state index contributed by atoms with van der Waals surface area (Å²) in [4.78, 5) is 31.0. The summed E-state index contributed by atoms with van der Waals surface area (Å²) in [6.07, 6.45) is 0.818. The zero-order valence-electron chi connectivity index (χ0n) is 19.2. The van der Waals surface area contributed by atoms with Gasteiger partial charge in [-0.15, -0.1) is 0 Å². The molecule has 3 heterocycles. The number of aliphatic hydroxyl groups excluding tert-OH is 1. The zero-order chi connectivity index (χ0) is 24.3. The smallest absolute Gasteiger partial charge is 0.230 e. The molecule has 1 aliphatic heterocycles. The van der Waals surface area contributed by atoms with Gasteiger partial charge in [0.05, 0.1) is 42.3 Å². The number of carbonyl (C=O) groups excluding carboxylic acids is 1. The quantitative estimate of drug-likeness (QED) is 0.478. The second-order valence-corrected chi connectivity index (χ2v) is 8.48. The Bertz CT molecular complexity index is 1140. The van der Waals surface area contributed by atoms with Crippen molar-refractivity contribution in [3.05, 3.63) is 48.2 Å². The minimum Gasteiger partial charge on any atom is -0.395 e. The number of rotatable bonds is 7. The lowest BCUT2D eigenvalue weighted by atomic mass is 9.91. The Morgan fingerprint density at radius 3 is 2.59 bits per heavy atom. The van der Waals surface area contributed by atoms with Crippen LogP contribution in [0, 0.1) is 11.2 Å². The van der Waals surface area contributed by atoms with Crippen LogP contribution in [0.3, 0.4) is 0 Å². The molecule has 11 heteroatoms. The summed E-state index contributed by atoms with van der Waals surface area (Å²) in [6.45, 7) is 1.96. The Balaban J connectivity index is 1.65. The first-order valence-corrected chi connectivity index (χ1v) is 10.8. The Morgan fingerprint density at radius 2 is 1.94 bits per heavy atom. The summed E-state index contributed by atoms with van der Waals surface area (Å²) in [6, 6.07) is 7.75. The van der Waals surface area contributed by atoms with Crippen molar-refractivity contribution in [3.63, 3.8) is 0 Å². The summed E-state index contributed by atoms with van der Waals surface area (Å²) in [5.41, 5.74) is 1.55. The Kier molecular flexibility index (Phi) is 6.87. The Hall–Kier alpha value is -3.41. The number of benzene rings is 1. The summed E-state index contributed by atoms with van der Waals surface area (Å²) in [7, 11) is 3.69. The van der Waals surface area contributed by atoms with Gasteiger partial charge < -0.3 is 29.8 Å². The van der Waals surface area contributed by atoms with Crippen molar-refractivity contribution in [3.8, 4) is 22.6 Å². The van der Waals surface area contributed by atoms with Crippen molar-refractivity contribution >= 4 is 11.9 Å². The topological polar surface area (TPSA) is 125 Å². The lowest BCUT2D eigenvalue weighted by Crippen LogP contribution is -2.49. The first-order chi connectivity index (χ1) is 16.3. The van der Waals surface area contributed by atoms with Crippen LogP contribution >= 0.6 is 0 Å². The number of hydrogen-bond donors (Lipinski definition) is 3. The Labute approximate surface area is 196 Å². The molecule has 0 spiro atoms. The fraction of sp³-hybridized carbons (Fsp3) is 0.391. The molecule has 1 aliphatic rings. The average Bonchev–Trinajstić information content (AvgIpc) is 3.29. The highest BCUT2D eigenvalue weighted by atomic mass is 19.1. The molecule has 0 radical (unpaired) electrons. The highest BCUT2D eigenvalue weighted by Crippen LogP contribution is 2.35. The number of nitrogens with one attached hydrogen (secondary N) is 2. The summed E-state index contributed by atoms with van der Waals surface area (Å²) >= 11 is 0. The molecule has 3 aromatic rings. The normalized spacial score (nSPS) is 20.2. The van der Waals surface area contributed by atoms with E-state index in [-0.39, 0.29) is 38.1 Å². The van der Waals surface area contributed by atoms with Gasteiger partial charge in [-0.2, -0.15) is 0 Å². The molecule has 0 unspecified atom stereocenters. The number of imidazole rings is 1. The van der Waals surface area contributed by atoms with E-state index in [0.29, 0.717) is 34.4 Å². The average molecular weight is 471 g/mol. The van der Waals surface area contributed by atoms with E-state index in [4.69, 9.17) is 19.6 Å². The van der Waals surface area contributed by atoms with Gasteiger partial charge in [-0.05, 0) is 37.3 Å². The van der Waals surface area contributed by atoms with Gasteiger partial charge in [-0.25, -0.2) is 19.3 Å². The van der Waals surface area contributed by atoms with Crippen LogP contribution in [-0.2, 0) is 14.3 Å². The van der Waals surface area contributed by atoms with Gasteiger partial charge in [0.15, 0.2) is 5.82 Å². The summed E-state index contributed by atoms with van der Waals surface area (Å²) < 4.78 is 25.3. The maximum absolute atomic E-state index is 13.5. The molecule has 0 aliphatic carbocycles. The number of carbonyl (C=O) groups is 1. The molecular weight excluding hydrogens is 443 g/mol. The number of halogens is 1. The number of aromatic amines is 1. The van der Waals surface area contributed by atoms with Gasteiger partial charge >= 0.3 is 0 Å². The van der Waals surface area contributed by atoms with E-state index in [1.54, 1.807) is 36.2 Å². The van der Waals surface area contributed by atoms with Crippen molar-refractivity contribution in [1.82, 2.24) is 25.3 Å². The van der Waals surface area contributed by atoms with Crippen LogP contribution in [0.1, 0.15) is 19.0 Å². The number of amides is 1. The monoisotopic (exact) mass is 470 g/mol. The molecule has 1 fully saturated rings. The van der Waals surface area contributed by atoms with Crippen LogP contribution in [0.25, 0.3) is 22.6 Å². The van der Waals surface area contributed by atoms with Gasteiger partial charge in [0.1, 0.15) is 5.82 Å². The number of aliphatic hydroxyl groups is 1. The molecule has 4 rings (SSSR count). The summed E-state index contributed by atoms with van der Waals surface area (Å²) in [5.74, 6) is 0.311. The highest BCUT2D eigenvalue weighted by Gasteiger charge is 2.40. The number of ether oxygens (including phenoxy) is 2. The molecule has 34 heavy (non-hydrogen) atoms. The van der Waals surface area contributed by atoms with E-state index in [9.17, 15) is 9.18 Å². The van der Waals surface area contributed by atoms with Crippen molar-refractivity contribution in [2.24, 2.45) is 5.41 Å². The molecule has 1 aromatic carbocycles. The Morgan fingerprint density at radius 1 is 1.24 bits per heavy atom. The van der Waals surface area contributed by atoms with Crippen LogP contribution in [0.4, 0.5) is 10.3 Å². The predicted molar refractivity (Wildman–Crippen MR) is 122 cm³/mol. The number of anilines is 1. The van der Waals surface area contributed by atoms with Crippen LogP contribution in [-0.4, -0.2) is 71.4 Å². The van der Waals surface area contributed by atoms with E-state index in [1.807, 2.05) is 14.1 Å². The second kappa shape index (κ2) is 9.84. The largest absolute Gasteiger partial charge is 0.395 e. The molecule has 0 saturated carbocycles. The number of H-pyrrole nitrogens is 1. The predicted octanol–water partition coefficient (Wildman–Crippen LogP) is 1.90. The van der Waals surface area contributed by atoms with Crippen molar-refractivity contribution in [2.75, 3.05) is 45.4 Å². The van der Waals surface area contributed by atoms with E-state index in [1.165, 1.54) is 12.1 Å².